The number of thioether (sulfide) groups is 1. The lowest BCUT2D eigenvalue weighted by Crippen LogP contribution is -2.51. The molecular formula is C20H29N3O3S. The summed E-state index contributed by atoms with van der Waals surface area (Å²) >= 11 is 1.74. The molecule has 3 rings (SSSR count). The Morgan fingerprint density at radius 1 is 1.19 bits per heavy atom. The first kappa shape index (κ1) is 20.2. The Morgan fingerprint density at radius 3 is 2.63 bits per heavy atom. The average Bonchev–Trinajstić information content (AvgIpc) is 2.72. The van der Waals surface area contributed by atoms with Crippen molar-refractivity contribution in [2.24, 2.45) is 11.8 Å². The van der Waals surface area contributed by atoms with Gasteiger partial charge < -0.3 is 20.3 Å². The third-order valence-electron chi connectivity index (χ3n) is 5.08. The van der Waals surface area contributed by atoms with Crippen molar-refractivity contribution in [3.8, 4) is 0 Å². The van der Waals surface area contributed by atoms with Gasteiger partial charge in [-0.2, -0.15) is 0 Å². The minimum atomic E-state index is -0.141. The van der Waals surface area contributed by atoms with Crippen LogP contribution < -0.4 is 10.6 Å². The number of amides is 2. The molecule has 0 spiro atoms. The summed E-state index contributed by atoms with van der Waals surface area (Å²) in [5.41, 5.74) is 1.25. The standard InChI is InChI=1S/C20H29N3O3S/c1-15-2-4-18(5-3-15)27-11-6-22-19(24)16-12-17(14-21-13-16)20(25)23-7-9-26-10-8-23/h2-5,16-17,21H,6-14H2,1H3,(H,22,24)/t16-,17+/m1/s1. The van der Waals surface area contributed by atoms with Gasteiger partial charge in [0.05, 0.1) is 25.0 Å². The Kier molecular flexibility index (Phi) is 7.55. The van der Waals surface area contributed by atoms with Gasteiger partial charge in [0, 0.05) is 43.4 Å². The summed E-state index contributed by atoms with van der Waals surface area (Å²) in [7, 11) is 0. The molecule has 1 aromatic rings. The van der Waals surface area contributed by atoms with Gasteiger partial charge in [0.2, 0.25) is 11.8 Å². The van der Waals surface area contributed by atoms with Crippen LogP contribution in [0.25, 0.3) is 0 Å². The number of aryl methyl sites for hydroxylation is 1. The van der Waals surface area contributed by atoms with Gasteiger partial charge in [0.15, 0.2) is 0 Å². The van der Waals surface area contributed by atoms with E-state index in [0.29, 0.717) is 52.4 Å². The van der Waals surface area contributed by atoms with E-state index in [-0.39, 0.29) is 23.7 Å². The molecule has 2 fully saturated rings. The van der Waals surface area contributed by atoms with Crippen molar-refractivity contribution in [3.63, 3.8) is 0 Å². The minimum Gasteiger partial charge on any atom is -0.378 e. The first-order valence-corrected chi connectivity index (χ1v) is 10.7. The van der Waals surface area contributed by atoms with E-state index in [0.717, 1.165) is 5.75 Å². The smallest absolute Gasteiger partial charge is 0.227 e. The van der Waals surface area contributed by atoms with Crippen molar-refractivity contribution in [2.75, 3.05) is 51.7 Å². The molecule has 0 saturated carbocycles. The fourth-order valence-electron chi connectivity index (χ4n) is 3.49. The summed E-state index contributed by atoms with van der Waals surface area (Å²) in [4.78, 5) is 28.2. The third kappa shape index (κ3) is 5.96. The second kappa shape index (κ2) is 10.1. The van der Waals surface area contributed by atoms with E-state index in [1.165, 1.54) is 10.5 Å². The van der Waals surface area contributed by atoms with E-state index in [1.807, 2.05) is 4.90 Å². The molecule has 2 atom stereocenters. The summed E-state index contributed by atoms with van der Waals surface area (Å²) in [5, 5.41) is 6.29. The lowest BCUT2D eigenvalue weighted by Gasteiger charge is -2.34. The lowest BCUT2D eigenvalue weighted by atomic mass is 9.88. The number of hydrogen-bond acceptors (Lipinski definition) is 5. The zero-order valence-electron chi connectivity index (χ0n) is 15.9. The molecule has 2 heterocycles. The van der Waals surface area contributed by atoms with Crippen LogP contribution in [0.3, 0.4) is 0 Å². The van der Waals surface area contributed by atoms with Crippen molar-refractivity contribution in [1.82, 2.24) is 15.5 Å². The van der Waals surface area contributed by atoms with Crippen LogP contribution in [-0.2, 0) is 14.3 Å². The zero-order valence-corrected chi connectivity index (χ0v) is 16.7. The van der Waals surface area contributed by atoms with E-state index >= 15 is 0 Å². The molecule has 7 heteroatoms. The number of benzene rings is 1. The van der Waals surface area contributed by atoms with Crippen LogP contribution in [0.15, 0.2) is 29.2 Å². The largest absolute Gasteiger partial charge is 0.378 e. The van der Waals surface area contributed by atoms with Gasteiger partial charge in [-0.05, 0) is 25.5 Å². The molecule has 6 nitrogen and oxygen atoms in total. The molecule has 2 amide bonds. The molecule has 0 bridgehead atoms. The van der Waals surface area contributed by atoms with E-state index in [9.17, 15) is 9.59 Å². The molecule has 2 saturated heterocycles. The molecule has 27 heavy (non-hydrogen) atoms. The summed E-state index contributed by atoms with van der Waals surface area (Å²) in [5.74, 6) is 0.780. The Hall–Kier alpha value is -1.57. The molecule has 1 aromatic carbocycles. The average molecular weight is 392 g/mol. The summed E-state index contributed by atoms with van der Waals surface area (Å²) < 4.78 is 5.31. The zero-order chi connectivity index (χ0) is 19.1. The van der Waals surface area contributed by atoms with Crippen LogP contribution in [0.5, 0.6) is 0 Å². The molecule has 0 unspecified atom stereocenters. The number of rotatable bonds is 6. The topological polar surface area (TPSA) is 70.7 Å². The SMILES string of the molecule is Cc1ccc(SCCNC(=O)[C@H]2CNC[C@@H](C(=O)N3CCOCC3)C2)cc1. The quantitative estimate of drug-likeness (QED) is 0.565. The molecule has 2 aliphatic rings. The molecule has 0 aliphatic carbocycles. The Morgan fingerprint density at radius 2 is 1.89 bits per heavy atom. The fourth-order valence-corrected chi connectivity index (χ4v) is 4.26. The number of morpholine rings is 1. The molecule has 148 valence electrons. The minimum absolute atomic E-state index is 0.0477. The highest BCUT2D eigenvalue weighted by Crippen LogP contribution is 2.20. The van der Waals surface area contributed by atoms with Crippen LogP contribution in [-0.4, -0.2) is 68.4 Å². The van der Waals surface area contributed by atoms with Gasteiger partial charge in [-0.15, -0.1) is 11.8 Å². The van der Waals surface area contributed by atoms with Crippen molar-refractivity contribution >= 4 is 23.6 Å². The number of carbonyl (C=O) groups is 2. The number of ether oxygens (including phenoxy) is 1. The highest BCUT2D eigenvalue weighted by molar-refractivity contribution is 7.99. The van der Waals surface area contributed by atoms with Gasteiger partial charge in [-0.1, -0.05) is 17.7 Å². The molecule has 0 aromatic heterocycles. The lowest BCUT2D eigenvalue weighted by molar-refractivity contribution is -0.141. The van der Waals surface area contributed by atoms with E-state index in [1.54, 1.807) is 11.8 Å². The molecule has 2 N–H and O–H groups in total. The van der Waals surface area contributed by atoms with E-state index in [2.05, 4.69) is 41.8 Å². The predicted molar refractivity (Wildman–Crippen MR) is 107 cm³/mol. The first-order chi connectivity index (χ1) is 13.1. The highest BCUT2D eigenvalue weighted by atomic mass is 32.2. The van der Waals surface area contributed by atoms with Crippen LogP contribution in [0.1, 0.15) is 12.0 Å². The van der Waals surface area contributed by atoms with E-state index < -0.39 is 0 Å². The predicted octanol–water partition coefficient (Wildman–Crippen LogP) is 1.29. The van der Waals surface area contributed by atoms with Crippen LogP contribution in [0, 0.1) is 18.8 Å². The summed E-state index contributed by atoms with van der Waals surface area (Å²) in [6, 6.07) is 8.41. The van der Waals surface area contributed by atoms with Crippen LogP contribution in [0.2, 0.25) is 0 Å². The number of hydrogen-bond donors (Lipinski definition) is 2. The number of nitrogens with one attached hydrogen (secondary N) is 2. The molecule has 2 aliphatic heterocycles. The second-order valence-electron chi connectivity index (χ2n) is 7.18. The Balaban J connectivity index is 1.40. The van der Waals surface area contributed by atoms with Crippen molar-refractivity contribution in [3.05, 3.63) is 29.8 Å². The third-order valence-corrected chi connectivity index (χ3v) is 6.10. The van der Waals surface area contributed by atoms with Gasteiger partial charge >= 0.3 is 0 Å². The Bertz CT molecular complexity index is 632. The molecule has 0 radical (unpaired) electrons. The fraction of sp³-hybridized carbons (Fsp3) is 0.600. The van der Waals surface area contributed by atoms with Gasteiger partial charge in [0.1, 0.15) is 0 Å². The maximum atomic E-state index is 12.7. The number of carbonyl (C=O) groups excluding carboxylic acids is 2. The van der Waals surface area contributed by atoms with Gasteiger partial charge in [0.25, 0.3) is 0 Å². The summed E-state index contributed by atoms with van der Waals surface area (Å²) in [6.45, 7) is 6.53. The first-order valence-electron chi connectivity index (χ1n) is 9.68. The van der Waals surface area contributed by atoms with Gasteiger partial charge in [-0.25, -0.2) is 0 Å². The second-order valence-corrected chi connectivity index (χ2v) is 8.35. The van der Waals surface area contributed by atoms with Crippen LogP contribution in [0.4, 0.5) is 0 Å². The highest BCUT2D eigenvalue weighted by Gasteiger charge is 2.33. The Labute approximate surface area is 165 Å². The number of nitrogens with zero attached hydrogens (tertiary/aromatic N) is 1. The van der Waals surface area contributed by atoms with Crippen LogP contribution >= 0.6 is 11.8 Å². The van der Waals surface area contributed by atoms with E-state index in [4.69, 9.17) is 4.74 Å². The number of piperidine rings is 1. The normalized spacial score (nSPS) is 23.1. The van der Waals surface area contributed by atoms with Crippen molar-refractivity contribution in [2.45, 2.75) is 18.2 Å². The van der Waals surface area contributed by atoms with Gasteiger partial charge in [-0.3, -0.25) is 9.59 Å². The monoisotopic (exact) mass is 391 g/mol. The molecular weight excluding hydrogens is 362 g/mol. The maximum Gasteiger partial charge on any atom is 0.227 e. The summed E-state index contributed by atoms with van der Waals surface area (Å²) in [6.07, 6.45) is 0.625. The van der Waals surface area contributed by atoms with Crippen molar-refractivity contribution < 1.29 is 14.3 Å². The maximum absolute atomic E-state index is 12.7. The van der Waals surface area contributed by atoms with Crippen molar-refractivity contribution in [1.29, 1.82) is 0 Å².